The van der Waals surface area contributed by atoms with Gasteiger partial charge in [-0.15, -0.1) is 0 Å². The maximum absolute atomic E-state index is 12.2. The predicted octanol–water partition coefficient (Wildman–Crippen LogP) is 0.425. The molecule has 5 nitrogen and oxygen atoms in total. The summed E-state index contributed by atoms with van der Waals surface area (Å²) < 4.78 is 31.6. The molecule has 102 valence electrons. The maximum atomic E-state index is 12.2. The number of sulfonamides is 1. The summed E-state index contributed by atoms with van der Waals surface area (Å²) in [6.45, 7) is 5.65. The fourth-order valence-corrected chi connectivity index (χ4v) is 3.87. The van der Waals surface area contributed by atoms with Gasteiger partial charge in [-0.25, -0.2) is 8.42 Å². The summed E-state index contributed by atoms with van der Waals surface area (Å²) in [5, 5.41) is 2.97. The van der Waals surface area contributed by atoms with Crippen molar-refractivity contribution >= 4 is 10.0 Å². The normalized spacial score (nSPS) is 27.2. The summed E-state index contributed by atoms with van der Waals surface area (Å²) in [6, 6.07) is 0.00536. The van der Waals surface area contributed by atoms with Gasteiger partial charge in [0.05, 0.1) is 18.5 Å². The van der Waals surface area contributed by atoms with Crippen molar-refractivity contribution in [2.45, 2.75) is 38.8 Å². The van der Waals surface area contributed by atoms with Gasteiger partial charge in [-0.3, -0.25) is 0 Å². The van der Waals surface area contributed by atoms with Crippen LogP contribution in [0.3, 0.4) is 0 Å². The molecule has 1 heterocycles. The van der Waals surface area contributed by atoms with E-state index in [0.29, 0.717) is 19.6 Å². The van der Waals surface area contributed by atoms with Gasteiger partial charge < -0.3 is 10.1 Å². The Labute approximate surface area is 105 Å². The minimum Gasteiger partial charge on any atom is -0.375 e. The van der Waals surface area contributed by atoms with Gasteiger partial charge in [-0.2, -0.15) is 4.31 Å². The quantitative estimate of drug-likeness (QED) is 0.707. The lowest BCUT2D eigenvalue weighted by Gasteiger charge is -2.37. The lowest BCUT2D eigenvalue weighted by atomic mass is 10.2. The Kier molecular flexibility index (Phi) is 5.85. The number of nitrogens with zero attached hydrogens (tertiary/aromatic N) is 1. The van der Waals surface area contributed by atoms with E-state index in [1.54, 1.807) is 4.31 Å². The molecular weight excluding hydrogens is 240 g/mol. The number of morpholine rings is 1. The Hall–Kier alpha value is -0.170. The summed E-state index contributed by atoms with van der Waals surface area (Å²) in [4.78, 5) is 0. The molecule has 0 aromatic heterocycles. The zero-order valence-electron chi connectivity index (χ0n) is 11.0. The van der Waals surface area contributed by atoms with Crippen molar-refractivity contribution in [3.63, 3.8) is 0 Å². The first-order valence-corrected chi connectivity index (χ1v) is 7.88. The monoisotopic (exact) mass is 264 g/mol. The van der Waals surface area contributed by atoms with Gasteiger partial charge in [-0.05, 0) is 33.4 Å². The summed E-state index contributed by atoms with van der Waals surface area (Å²) in [6.07, 6.45) is 1.45. The van der Waals surface area contributed by atoms with Crippen molar-refractivity contribution in [3.05, 3.63) is 0 Å². The zero-order valence-corrected chi connectivity index (χ0v) is 11.8. The first-order valence-electron chi connectivity index (χ1n) is 6.27. The van der Waals surface area contributed by atoms with Crippen LogP contribution in [0.15, 0.2) is 0 Å². The molecule has 1 aliphatic rings. The van der Waals surface area contributed by atoms with Crippen LogP contribution in [0.1, 0.15) is 26.7 Å². The second kappa shape index (κ2) is 6.68. The minimum atomic E-state index is -3.14. The number of ether oxygens (including phenoxy) is 1. The highest BCUT2D eigenvalue weighted by Gasteiger charge is 2.33. The summed E-state index contributed by atoms with van der Waals surface area (Å²) in [5.74, 6) is 0.219. The average molecular weight is 264 g/mol. The third-order valence-electron chi connectivity index (χ3n) is 3.08. The van der Waals surface area contributed by atoms with Crippen molar-refractivity contribution in [1.82, 2.24) is 9.62 Å². The molecular formula is C11H24N2O3S. The van der Waals surface area contributed by atoms with E-state index in [2.05, 4.69) is 5.32 Å². The highest BCUT2D eigenvalue weighted by molar-refractivity contribution is 7.89. The Morgan fingerprint density at radius 3 is 2.76 bits per heavy atom. The Morgan fingerprint density at radius 2 is 2.18 bits per heavy atom. The van der Waals surface area contributed by atoms with E-state index in [0.717, 1.165) is 13.0 Å². The van der Waals surface area contributed by atoms with Crippen LogP contribution in [0.25, 0.3) is 0 Å². The molecule has 0 saturated carbocycles. The van der Waals surface area contributed by atoms with E-state index >= 15 is 0 Å². The Balaban J connectivity index is 2.65. The van der Waals surface area contributed by atoms with Crippen molar-refractivity contribution in [3.8, 4) is 0 Å². The topological polar surface area (TPSA) is 58.6 Å². The summed E-state index contributed by atoms with van der Waals surface area (Å²) in [7, 11) is -1.30. The second-order valence-electron chi connectivity index (χ2n) is 4.55. The van der Waals surface area contributed by atoms with Crippen LogP contribution in [0.4, 0.5) is 0 Å². The molecule has 1 saturated heterocycles. The highest BCUT2D eigenvalue weighted by Crippen LogP contribution is 2.19. The molecule has 2 atom stereocenters. The summed E-state index contributed by atoms with van der Waals surface area (Å²) in [5.41, 5.74) is 0. The zero-order chi connectivity index (χ0) is 12.9. The van der Waals surface area contributed by atoms with E-state index in [9.17, 15) is 8.42 Å². The molecule has 1 N–H and O–H groups in total. The Bertz CT molecular complexity index is 319. The van der Waals surface area contributed by atoms with Crippen LogP contribution >= 0.6 is 0 Å². The first-order chi connectivity index (χ1) is 8.01. The fraction of sp³-hybridized carbons (Fsp3) is 1.00. The van der Waals surface area contributed by atoms with E-state index < -0.39 is 10.0 Å². The standard InChI is InChI=1S/C11H24N2O3S/c1-4-11-9-16-10(2)8-13(11)17(14,15)7-5-6-12-3/h10-12H,4-9H2,1-3H3. The van der Waals surface area contributed by atoms with E-state index in [1.165, 1.54) is 0 Å². The van der Waals surface area contributed by atoms with Gasteiger partial charge in [0.25, 0.3) is 0 Å². The van der Waals surface area contributed by atoms with Crippen LogP contribution in [-0.4, -0.2) is 57.4 Å². The number of nitrogens with one attached hydrogen (secondary N) is 1. The van der Waals surface area contributed by atoms with E-state index in [4.69, 9.17) is 4.74 Å². The smallest absolute Gasteiger partial charge is 0.214 e. The van der Waals surface area contributed by atoms with Crippen LogP contribution in [0, 0.1) is 0 Å². The van der Waals surface area contributed by atoms with Gasteiger partial charge in [0.2, 0.25) is 10.0 Å². The van der Waals surface area contributed by atoms with Crippen LogP contribution in [0.2, 0.25) is 0 Å². The summed E-state index contributed by atoms with van der Waals surface area (Å²) >= 11 is 0. The molecule has 1 rings (SSSR count). The van der Waals surface area contributed by atoms with Gasteiger partial charge in [0, 0.05) is 12.6 Å². The van der Waals surface area contributed by atoms with Gasteiger partial charge in [0.15, 0.2) is 0 Å². The molecule has 17 heavy (non-hydrogen) atoms. The van der Waals surface area contributed by atoms with Crippen molar-refractivity contribution in [2.75, 3.05) is 32.5 Å². The molecule has 0 aliphatic carbocycles. The van der Waals surface area contributed by atoms with Crippen LogP contribution in [0.5, 0.6) is 0 Å². The molecule has 6 heteroatoms. The highest BCUT2D eigenvalue weighted by atomic mass is 32.2. The molecule has 2 unspecified atom stereocenters. The third-order valence-corrected chi connectivity index (χ3v) is 5.04. The van der Waals surface area contributed by atoms with Gasteiger partial charge in [-0.1, -0.05) is 6.92 Å². The number of hydrogen-bond donors (Lipinski definition) is 1. The van der Waals surface area contributed by atoms with Gasteiger partial charge >= 0.3 is 0 Å². The lowest BCUT2D eigenvalue weighted by molar-refractivity contribution is -0.0230. The molecule has 0 bridgehead atoms. The fourth-order valence-electron chi connectivity index (χ4n) is 2.02. The van der Waals surface area contributed by atoms with Crippen molar-refractivity contribution in [2.24, 2.45) is 0 Å². The molecule has 0 aromatic rings. The number of hydrogen-bond acceptors (Lipinski definition) is 4. The van der Waals surface area contributed by atoms with Crippen molar-refractivity contribution < 1.29 is 13.2 Å². The molecule has 0 radical (unpaired) electrons. The average Bonchev–Trinajstić information content (AvgIpc) is 2.29. The van der Waals surface area contributed by atoms with E-state index in [1.807, 2.05) is 20.9 Å². The molecule has 0 aromatic carbocycles. The molecule has 0 spiro atoms. The molecule has 1 fully saturated rings. The van der Waals surface area contributed by atoms with E-state index in [-0.39, 0.29) is 17.9 Å². The van der Waals surface area contributed by atoms with Gasteiger partial charge in [0.1, 0.15) is 0 Å². The second-order valence-corrected chi connectivity index (χ2v) is 6.59. The van der Waals surface area contributed by atoms with Crippen LogP contribution < -0.4 is 5.32 Å². The van der Waals surface area contributed by atoms with Crippen LogP contribution in [-0.2, 0) is 14.8 Å². The molecule has 1 aliphatic heterocycles. The Morgan fingerprint density at radius 1 is 1.47 bits per heavy atom. The largest absolute Gasteiger partial charge is 0.375 e. The molecule has 0 amide bonds. The third kappa shape index (κ3) is 4.21. The maximum Gasteiger partial charge on any atom is 0.214 e. The number of rotatable bonds is 6. The lowest BCUT2D eigenvalue weighted by Crippen LogP contribution is -2.51. The van der Waals surface area contributed by atoms with Crippen molar-refractivity contribution in [1.29, 1.82) is 0 Å². The first kappa shape index (κ1) is 14.9. The minimum absolute atomic E-state index is 0.00289. The SMILES string of the molecule is CCC1COC(C)CN1S(=O)(=O)CCCNC. The predicted molar refractivity (Wildman–Crippen MR) is 68.5 cm³/mol.